The number of hydrogen-bond donors (Lipinski definition) is 1. The van der Waals surface area contributed by atoms with E-state index < -0.39 is 24.0 Å². The van der Waals surface area contributed by atoms with Gasteiger partial charge in [-0.15, -0.1) is 0 Å². The van der Waals surface area contributed by atoms with Crippen LogP contribution in [0.2, 0.25) is 5.02 Å². The number of fused-ring (bicyclic) bond motifs is 1. The predicted molar refractivity (Wildman–Crippen MR) is 103 cm³/mol. The number of benzene rings is 2. The number of alkyl halides is 2. The molecule has 1 aliphatic heterocycles. The molecule has 4 rings (SSSR count). The third kappa shape index (κ3) is 3.04. The monoisotopic (exact) mass is 418 g/mol. The summed E-state index contributed by atoms with van der Waals surface area (Å²) in [7, 11) is 0. The maximum Gasteiger partial charge on any atom is 0.325 e. The fourth-order valence-electron chi connectivity index (χ4n) is 3.71. The van der Waals surface area contributed by atoms with Gasteiger partial charge in [0.25, 0.3) is 5.91 Å². The lowest BCUT2D eigenvalue weighted by atomic mass is 9.87. The molecule has 0 bridgehead atoms. The first-order chi connectivity index (χ1) is 13.9. The van der Waals surface area contributed by atoms with E-state index in [1.54, 1.807) is 49.4 Å². The van der Waals surface area contributed by atoms with E-state index in [-0.39, 0.29) is 17.9 Å². The Morgan fingerprint density at radius 1 is 1.14 bits per heavy atom. The highest BCUT2D eigenvalue weighted by molar-refractivity contribution is 6.30. The minimum absolute atomic E-state index is 0.0623. The van der Waals surface area contributed by atoms with Gasteiger partial charge in [0.15, 0.2) is 0 Å². The Kier molecular flexibility index (Phi) is 4.74. The molecule has 2 aromatic carbocycles. The second-order valence-electron chi connectivity index (χ2n) is 6.75. The van der Waals surface area contributed by atoms with Gasteiger partial charge in [-0.25, -0.2) is 9.78 Å². The molecule has 150 valence electrons. The summed E-state index contributed by atoms with van der Waals surface area (Å²) < 4.78 is 28.1. The van der Waals surface area contributed by atoms with Crippen molar-refractivity contribution in [2.75, 3.05) is 0 Å². The molecule has 29 heavy (non-hydrogen) atoms. The average molecular weight is 419 g/mol. The quantitative estimate of drug-likeness (QED) is 0.623. The van der Waals surface area contributed by atoms with Crippen LogP contribution < -0.4 is 5.32 Å². The molecule has 0 spiro atoms. The van der Waals surface area contributed by atoms with Crippen molar-refractivity contribution in [1.82, 2.24) is 19.8 Å². The van der Waals surface area contributed by atoms with Gasteiger partial charge in [-0.3, -0.25) is 14.3 Å². The summed E-state index contributed by atoms with van der Waals surface area (Å²) in [5.41, 5.74) is -0.0884. The number of amides is 3. The summed E-state index contributed by atoms with van der Waals surface area (Å²) in [6.07, 6.45) is 0.293. The fourth-order valence-corrected chi connectivity index (χ4v) is 3.83. The molecule has 3 aromatic rings. The lowest BCUT2D eigenvalue weighted by Crippen LogP contribution is -2.43. The molecule has 1 atom stereocenters. The number of hydrogen-bond acceptors (Lipinski definition) is 3. The molecular weight excluding hydrogens is 402 g/mol. The van der Waals surface area contributed by atoms with E-state index in [1.165, 1.54) is 6.07 Å². The van der Waals surface area contributed by atoms with Gasteiger partial charge in [0.1, 0.15) is 11.4 Å². The number of rotatable bonds is 5. The van der Waals surface area contributed by atoms with Gasteiger partial charge in [-0.1, -0.05) is 42.8 Å². The maximum absolute atomic E-state index is 13.7. The number of nitrogens with zero attached hydrogens (tertiary/aromatic N) is 3. The Morgan fingerprint density at radius 2 is 1.83 bits per heavy atom. The highest BCUT2D eigenvalue weighted by Crippen LogP contribution is 2.34. The topological polar surface area (TPSA) is 67.2 Å². The van der Waals surface area contributed by atoms with Crippen LogP contribution in [0.15, 0.2) is 48.5 Å². The molecule has 0 unspecified atom stereocenters. The highest BCUT2D eigenvalue weighted by atomic mass is 35.5. The smallest absolute Gasteiger partial charge is 0.319 e. The summed E-state index contributed by atoms with van der Waals surface area (Å²) in [5.74, 6) is -0.576. The SMILES string of the molecule is CC[C@@]1(c2ccc(Cl)cc2)NC(=O)N(Cc2nc3ccccc3n2C(F)F)C1=O. The highest BCUT2D eigenvalue weighted by Gasteiger charge is 2.51. The van der Waals surface area contributed by atoms with E-state index >= 15 is 0 Å². The van der Waals surface area contributed by atoms with Crippen LogP contribution in [0.4, 0.5) is 13.6 Å². The molecule has 6 nitrogen and oxygen atoms in total. The van der Waals surface area contributed by atoms with Gasteiger partial charge in [0.2, 0.25) is 0 Å². The van der Waals surface area contributed by atoms with Crippen molar-refractivity contribution in [1.29, 1.82) is 0 Å². The first-order valence-electron chi connectivity index (χ1n) is 9.01. The van der Waals surface area contributed by atoms with Gasteiger partial charge >= 0.3 is 12.6 Å². The van der Waals surface area contributed by atoms with Crippen molar-refractivity contribution >= 4 is 34.6 Å². The van der Waals surface area contributed by atoms with E-state index in [4.69, 9.17) is 11.6 Å². The molecule has 9 heteroatoms. The van der Waals surface area contributed by atoms with Crippen LogP contribution in [0.3, 0.4) is 0 Å². The second kappa shape index (κ2) is 7.11. The Labute approximate surface area is 170 Å². The van der Waals surface area contributed by atoms with E-state index in [0.717, 1.165) is 9.47 Å². The Balaban J connectivity index is 1.73. The zero-order valence-electron chi connectivity index (χ0n) is 15.4. The Bertz CT molecular complexity index is 1100. The lowest BCUT2D eigenvalue weighted by molar-refractivity contribution is -0.132. The molecule has 2 heterocycles. The third-order valence-electron chi connectivity index (χ3n) is 5.21. The zero-order valence-corrected chi connectivity index (χ0v) is 16.2. The summed E-state index contributed by atoms with van der Waals surface area (Å²) in [6, 6.07) is 12.4. The molecule has 0 radical (unpaired) electrons. The van der Waals surface area contributed by atoms with Crippen LogP contribution in [-0.4, -0.2) is 26.4 Å². The number of imidazole rings is 1. The molecule has 0 aliphatic carbocycles. The Morgan fingerprint density at radius 3 is 2.48 bits per heavy atom. The van der Waals surface area contributed by atoms with Gasteiger partial charge in [-0.2, -0.15) is 8.78 Å². The van der Waals surface area contributed by atoms with Gasteiger partial charge in [-0.05, 0) is 36.2 Å². The number of nitrogens with one attached hydrogen (secondary N) is 1. The number of carbonyl (C=O) groups is 2. The molecule has 1 aromatic heterocycles. The summed E-state index contributed by atoms with van der Waals surface area (Å²) in [6.45, 7) is -1.45. The zero-order chi connectivity index (χ0) is 20.8. The van der Waals surface area contributed by atoms with Gasteiger partial charge in [0, 0.05) is 5.02 Å². The molecule has 1 saturated heterocycles. The van der Waals surface area contributed by atoms with Crippen LogP contribution in [0, 0.1) is 0 Å². The van der Waals surface area contributed by atoms with E-state index in [9.17, 15) is 18.4 Å². The van der Waals surface area contributed by atoms with E-state index in [2.05, 4.69) is 10.3 Å². The third-order valence-corrected chi connectivity index (χ3v) is 5.46. The molecule has 3 amide bonds. The Hall–Kier alpha value is -3.00. The van der Waals surface area contributed by atoms with Crippen molar-refractivity contribution in [2.24, 2.45) is 0 Å². The number of para-hydroxylation sites is 2. The standard InChI is InChI=1S/C20H17ClF2N4O2/c1-2-20(12-7-9-13(21)10-8-12)17(28)26(19(29)25-20)11-16-24-14-5-3-4-6-15(14)27(16)18(22)23/h3-10,18H,2,11H2,1H3,(H,25,29)/t20-/m0/s1. The molecule has 1 fully saturated rings. The molecule has 0 saturated carbocycles. The first kappa shape index (κ1) is 19.3. The summed E-state index contributed by atoms with van der Waals surface area (Å²) >= 11 is 5.93. The van der Waals surface area contributed by atoms with Gasteiger partial charge < -0.3 is 5.32 Å². The van der Waals surface area contributed by atoms with Crippen molar-refractivity contribution in [3.8, 4) is 0 Å². The summed E-state index contributed by atoms with van der Waals surface area (Å²) in [5, 5.41) is 3.22. The average Bonchev–Trinajstić information content (AvgIpc) is 3.19. The van der Waals surface area contributed by atoms with Crippen molar-refractivity contribution in [3.05, 3.63) is 64.9 Å². The first-order valence-corrected chi connectivity index (χ1v) is 9.39. The van der Waals surface area contributed by atoms with E-state index in [1.807, 2.05) is 0 Å². The number of aromatic nitrogens is 2. The van der Waals surface area contributed by atoms with Crippen molar-refractivity contribution in [2.45, 2.75) is 32.0 Å². The van der Waals surface area contributed by atoms with Crippen LogP contribution in [0.1, 0.15) is 31.3 Å². The van der Waals surface area contributed by atoms with Crippen molar-refractivity contribution in [3.63, 3.8) is 0 Å². The number of carbonyl (C=O) groups excluding carboxylic acids is 2. The van der Waals surface area contributed by atoms with Crippen molar-refractivity contribution < 1.29 is 18.4 Å². The second-order valence-corrected chi connectivity index (χ2v) is 7.19. The molecule has 1 N–H and O–H groups in total. The predicted octanol–water partition coefficient (Wildman–Crippen LogP) is 4.44. The minimum atomic E-state index is -2.86. The number of urea groups is 1. The summed E-state index contributed by atoms with van der Waals surface area (Å²) in [4.78, 5) is 31.0. The lowest BCUT2D eigenvalue weighted by Gasteiger charge is -2.25. The maximum atomic E-state index is 13.7. The number of imide groups is 1. The largest absolute Gasteiger partial charge is 0.325 e. The van der Waals surface area contributed by atoms with Crippen LogP contribution in [-0.2, 0) is 16.9 Å². The van der Waals surface area contributed by atoms with Gasteiger partial charge in [0.05, 0.1) is 17.6 Å². The molecular formula is C20H17ClF2N4O2. The van der Waals surface area contributed by atoms with Crippen LogP contribution >= 0.6 is 11.6 Å². The van der Waals surface area contributed by atoms with E-state index in [0.29, 0.717) is 22.5 Å². The van der Waals surface area contributed by atoms with Crippen LogP contribution in [0.5, 0.6) is 0 Å². The normalized spacial score (nSPS) is 19.4. The number of halogens is 3. The minimum Gasteiger partial charge on any atom is -0.319 e. The molecule has 1 aliphatic rings. The van der Waals surface area contributed by atoms with Crippen LogP contribution in [0.25, 0.3) is 11.0 Å². The fraction of sp³-hybridized carbons (Fsp3) is 0.250.